The minimum atomic E-state index is -1.50. The maximum Gasteiger partial charge on any atom is 0.488 e. The highest BCUT2D eigenvalue weighted by Gasteiger charge is 2.14. The lowest BCUT2D eigenvalue weighted by atomic mass is 9.80. The first kappa shape index (κ1) is 10.3. The SMILES string of the molecule is OB(O)c1cc(I)c2cc(F)sc2c1. The van der Waals surface area contributed by atoms with E-state index in [0.717, 1.165) is 25.0 Å². The van der Waals surface area contributed by atoms with Gasteiger partial charge in [-0.25, -0.2) is 0 Å². The maximum atomic E-state index is 12.9. The minimum absolute atomic E-state index is 0.262. The van der Waals surface area contributed by atoms with Crippen LogP contribution in [0.1, 0.15) is 0 Å². The Morgan fingerprint density at radius 1 is 1.29 bits per heavy atom. The molecule has 72 valence electrons. The third kappa shape index (κ3) is 1.79. The van der Waals surface area contributed by atoms with Gasteiger partial charge in [-0.1, -0.05) is 0 Å². The van der Waals surface area contributed by atoms with Crippen molar-refractivity contribution in [1.82, 2.24) is 0 Å². The molecule has 0 amide bonds. The van der Waals surface area contributed by atoms with Crippen LogP contribution in [0.25, 0.3) is 10.1 Å². The number of rotatable bonds is 1. The molecule has 0 aliphatic rings. The zero-order valence-electron chi connectivity index (χ0n) is 6.87. The van der Waals surface area contributed by atoms with E-state index in [0.29, 0.717) is 5.46 Å². The van der Waals surface area contributed by atoms with E-state index in [1.165, 1.54) is 6.07 Å². The summed E-state index contributed by atoms with van der Waals surface area (Å²) in [5.41, 5.74) is 0.392. The lowest BCUT2D eigenvalue weighted by Gasteiger charge is -2.00. The first-order chi connectivity index (χ1) is 6.58. The largest absolute Gasteiger partial charge is 0.488 e. The van der Waals surface area contributed by atoms with Crippen molar-refractivity contribution in [3.8, 4) is 0 Å². The molecule has 2 aromatic rings. The Bertz CT molecular complexity index is 485. The van der Waals surface area contributed by atoms with Gasteiger partial charge in [0.2, 0.25) is 0 Å². The van der Waals surface area contributed by atoms with Crippen molar-refractivity contribution in [2.45, 2.75) is 0 Å². The lowest BCUT2D eigenvalue weighted by molar-refractivity contribution is 0.426. The maximum absolute atomic E-state index is 12.9. The molecule has 1 heterocycles. The smallest absolute Gasteiger partial charge is 0.423 e. The molecule has 14 heavy (non-hydrogen) atoms. The number of thiophene rings is 1. The summed E-state index contributed by atoms with van der Waals surface area (Å²) >= 11 is 3.05. The third-order valence-electron chi connectivity index (χ3n) is 1.88. The summed E-state index contributed by atoms with van der Waals surface area (Å²) in [4.78, 5) is 0. The van der Waals surface area contributed by atoms with Crippen LogP contribution in [0.2, 0.25) is 0 Å². The number of benzene rings is 1. The van der Waals surface area contributed by atoms with E-state index in [-0.39, 0.29) is 5.13 Å². The summed E-state index contributed by atoms with van der Waals surface area (Å²) in [5.74, 6) is 0. The van der Waals surface area contributed by atoms with Crippen LogP contribution in [0.3, 0.4) is 0 Å². The van der Waals surface area contributed by atoms with Gasteiger partial charge in [0.05, 0.1) is 0 Å². The third-order valence-corrected chi connectivity index (χ3v) is 3.64. The van der Waals surface area contributed by atoms with E-state index < -0.39 is 7.12 Å². The van der Waals surface area contributed by atoms with E-state index >= 15 is 0 Å². The van der Waals surface area contributed by atoms with Gasteiger partial charge in [0.1, 0.15) is 0 Å². The predicted molar refractivity (Wildman–Crippen MR) is 64.3 cm³/mol. The van der Waals surface area contributed by atoms with Crippen LogP contribution < -0.4 is 5.46 Å². The van der Waals surface area contributed by atoms with Crippen LogP contribution in [0.4, 0.5) is 4.39 Å². The van der Waals surface area contributed by atoms with Crippen LogP contribution in [0.15, 0.2) is 18.2 Å². The van der Waals surface area contributed by atoms with E-state index in [4.69, 9.17) is 10.0 Å². The molecule has 2 nitrogen and oxygen atoms in total. The average Bonchev–Trinajstić information content (AvgIpc) is 2.45. The monoisotopic (exact) mass is 322 g/mol. The molecule has 0 saturated carbocycles. The van der Waals surface area contributed by atoms with E-state index in [1.807, 2.05) is 22.6 Å². The second-order valence-corrected chi connectivity index (χ2v) is 5.03. The van der Waals surface area contributed by atoms with Gasteiger partial charge in [-0.3, -0.25) is 0 Å². The van der Waals surface area contributed by atoms with Crippen LogP contribution in [-0.2, 0) is 0 Å². The van der Waals surface area contributed by atoms with Gasteiger partial charge in [-0.2, -0.15) is 4.39 Å². The van der Waals surface area contributed by atoms with Crippen molar-refractivity contribution in [2.24, 2.45) is 0 Å². The summed E-state index contributed by atoms with van der Waals surface area (Å²) in [7, 11) is -1.50. The molecule has 0 fully saturated rings. The summed E-state index contributed by atoms with van der Waals surface area (Å²) in [5, 5.41) is 18.5. The van der Waals surface area contributed by atoms with Crippen molar-refractivity contribution < 1.29 is 14.4 Å². The predicted octanol–water partition coefficient (Wildman–Crippen LogP) is 1.32. The highest BCUT2D eigenvalue weighted by molar-refractivity contribution is 14.1. The zero-order chi connectivity index (χ0) is 10.3. The van der Waals surface area contributed by atoms with Crippen LogP contribution >= 0.6 is 33.9 Å². The Labute approximate surface area is 97.7 Å². The van der Waals surface area contributed by atoms with Crippen LogP contribution in [0, 0.1) is 8.70 Å². The fourth-order valence-electron chi connectivity index (χ4n) is 1.23. The van der Waals surface area contributed by atoms with Gasteiger partial charge in [-0.15, -0.1) is 11.3 Å². The highest BCUT2D eigenvalue weighted by atomic mass is 127. The first-order valence-electron chi connectivity index (χ1n) is 3.82. The zero-order valence-corrected chi connectivity index (χ0v) is 9.84. The Balaban J connectivity index is 2.71. The van der Waals surface area contributed by atoms with Crippen LogP contribution in [0.5, 0.6) is 0 Å². The topological polar surface area (TPSA) is 40.5 Å². The van der Waals surface area contributed by atoms with Crippen molar-refractivity contribution in [2.75, 3.05) is 0 Å². The number of fused-ring (bicyclic) bond motifs is 1. The molecule has 0 unspecified atom stereocenters. The summed E-state index contributed by atoms with van der Waals surface area (Å²) in [6.45, 7) is 0. The van der Waals surface area contributed by atoms with E-state index in [9.17, 15) is 4.39 Å². The van der Waals surface area contributed by atoms with E-state index in [1.54, 1.807) is 12.1 Å². The normalized spacial score (nSPS) is 10.9. The molecule has 0 aliphatic carbocycles. The van der Waals surface area contributed by atoms with Gasteiger partial charge >= 0.3 is 7.12 Å². The Morgan fingerprint density at radius 2 is 2.00 bits per heavy atom. The number of hydrogen-bond acceptors (Lipinski definition) is 3. The van der Waals surface area contributed by atoms with Crippen molar-refractivity contribution in [3.63, 3.8) is 0 Å². The van der Waals surface area contributed by atoms with Gasteiger partial charge in [-0.05, 0) is 46.3 Å². The molecule has 2 N–H and O–H groups in total. The summed E-state index contributed by atoms with van der Waals surface area (Å²) in [6, 6.07) is 4.69. The lowest BCUT2D eigenvalue weighted by Crippen LogP contribution is -2.29. The fraction of sp³-hybridized carbons (Fsp3) is 0. The van der Waals surface area contributed by atoms with Gasteiger partial charge < -0.3 is 10.0 Å². The molecule has 0 saturated heterocycles. The van der Waals surface area contributed by atoms with Gasteiger partial charge in [0.15, 0.2) is 5.13 Å². The van der Waals surface area contributed by atoms with Gasteiger partial charge in [0.25, 0.3) is 0 Å². The number of hydrogen-bond donors (Lipinski definition) is 2. The molecule has 6 heteroatoms. The Hall–Kier alpha value is -0.175. The molecule has 0 bridgehead atoms. The summed E-state index contributed by atoms with van der Waals surface area (Å²) in [6.07, 6.45) is 0. The second kappa shape index (κ2) is 3.76. The molecular weight excluding hydrogens is 317 g/mol. The molecule has 0 spiro atoms. The molecule has 1 aromatic heterocycles. The van der Waals surface area contributed by atoms with Crippen molar-refractivity contribution >= 4 is 56.6 Å². The van der Waals surface area contributed by atoms with Crippen molar-refractivity contribution in [1.29, 1.82) is 0 Å². The minimum Gasteiger partial charge on any atom is -0.423 e. The van der Waals surface area contributed by atoms with Crippen molar-refractivity contribution in [3.05, 3.63) is 26.9 Å². The Kier molecular flexibility index (Phi) is 2.78. The van der Waals surface area contributed by atoms with Crippen LogP contribution in [-0.4, -0.2) is 17.2 Å². The number of halogens is 2. The molecular formula is C8H5BFIO2S. The molecule has 0 aliphatic heterocycles. The second-order valence-electron chi connectivity index (χ2n) is 2.84. The molecule has 0 atom stereocenters. The van der Waals surface area contributed by atoms with E-state index in [2.05, 4.69) is 0 Å². The summed E-state index contributed by atoms with van der Waals surface area (Å²) < 4.78 is 14.5. The fourth-order valence-corrected chi connectivity index (χ4v) is 3.08. The standard InChI is InChI=1S/C8H5BFIO2S/c10-8-3-5-6(11)1-4(9(12)13)2-7(5)14-8/h1-3,12-13H. The molecule has 1 aromatic carbocycles. The average molecular weight is 322 g/mol. The quantitative estimate of drug-likeness (QED) is 0.614. The Morgan fingerprint density at radius 3 is 2.64 bits per heavy atom. The van der Waals surface area contributed by atoms with Gasteiger partial charge in [0, 0.05) is 13.7 Å². The highest BCUT2D eigenvalue weighted by Crippen LogP contribution is 2.27. The first-order valence-corrected chi connectivity index (χ1v) is 5.72. The molecule has 0 radical (unpaired) electrons. The molecule has 2 rings (SSSR count).